The van der Waals surface area contributed by atoms with Crippen LogP contribution in [0, 0.1) is 0 Å². The maximum Gasteiger partial charge on any atom is 0.318 e. The summed E-state index contributed by atoms with van der Waals surface area (Å²) in [7, 11) is 0. The first-order valence-corrected chi connectivity index (χ1v) is 9.04. The van der Waals surface area contributed by atoms with Crippen LogP contribution in [-0.2, 0) is 6.54 Å². The average molecular weight is 478 g/mol. The number of amides is 2. The van der Waals surface area contributed by atoms with Crippen molar-refractivity contribution in [3.05, 3.63) is 58.8 Å². The smallest absolute Gasteiger partial charge is 0.318 e. The Morgan fingerprint density at radius 2 is 2.07 bits per heavy atom. The number of ether oxygens (including phenoxy) is 1. The van der Waals surface area contributed by atoms with Gasteiger partial charge in [-0.2, -0.15) is 0 Å². The quantitative estimate of drug-likeness (QED) is 0.693. The van der Waals surface area contributed by atoms with Crippen LogP contribution >= 0.6 is 40.7 Å². The van der Waals surface area contributed by atoms with Gasteiger partial charge in [0.1, 0.15) is 12.4 Å². The van der Waals surface area contributed by atoms with Gasteiger partial charge in [0.15, 0.2) is 0 Å². The minimum absolute atomic E-state index is 0. The third kappa shape index (κ3) is 7.18. The number of hydrogen-bond donors (Lipinski definition) is 2. The number of rotatable bonds is 5. The molecule has 0 radical (unpaired) electrons. The minimum Gasteiger partial charge on any atom is -0.490 e. The van der Waals surface area contributed by atoms with Crippen molar-refractivity contribution in [3.63, 3.8) is 0 Å². The number of piperazine rings is 1. The molecule has 2 heterocycles. The molecular formula is C18H23BrCl2N4O2. The van der Waals surface area contributed by atoms with Crippen molar-refractivity contribution in [2.75, 3.05) is 26.2 Å². The van der Waals surface area contributed by atoms with Gasteiger partial charge in [-0.3, -0.25) is 4.98 Å². The standard InChI is InChI=1S/C18H21BrN4O2.2ClH/c19-15-5-3-14(4-6-15)10-22-18(24)23-9-8-21-11-16(23)13-25-17-2-1-7-20-12-17;;/h1-7,12,16,21H,8-11,13H2,(H,22,24);2*1H. The summed E-state index contributed by atoms with van der Waals surface area (Å²) in [4.78, 5) is 18.4. The van der Waals surface area contributed by atoms with Gasteiger partial charge in [-0.25, -0.2) is 4.79 Å². The van der Waals surface area contributed by atoms with Crippen LogP contribution in [0.15, 0.2) is 53.3 Å². The Morgan fingerprint density at radius 3 is 2.78 bits per heavy atom. The van der Waals surface area contributed by atoms with E-state index in [9.17, 15) is 4.79 Å². The Labute approximate surface area is 180 Å². The van der Waals surface area contributed by atoms with Crippen molar-refractivity contribution in [1.82, 2.24) is 20.5 Å². The van der Waals surface area contributed by atoms with E-state index in [2.05, 4.69) is 31.5 Å². The zero-order valence-corrected chi connectivity index (χ0v) is 17.9. The van der Waals surface area contributed by atoms with Gasteiger partial charge in [0.2, 0.25) is 0 Å². The van der Waals surface area contributed by atoms with Gasteiger partial charge in [-0.05, 0) is 29.8 Å². The van der Waals surface area contributed by atoms with Gasteiger partial charge in [-0.1, -0.05) is 28.1 Å². The van der Waals surface area contributed by atoms with Gasteiger partial charge in [0, 0.05) is 36.8 Å². The monoisotopic (exact) mass is 476 g/mol. The molecule has 6 nitrogen and oxygen atoms in total. The van der Waals surface area contributed by atoms with Gasteiger partial charge in [0.05, 0.1) is 12.2 Å². The molecule has 3 rings (SSSR count). The van der Waals surface area contributed by atoms with Crippen molar-refractivity contribution in [1.29, 1.82) is 0 Å². The maximum atomic E-state index is 12.6. The third-order valence-corrected chi connectivity index (χ3v) is 4.57. The molecule has 1 aromatic carbocycles. The number of carbonyl (C=O) groups excluding carboxylic acids is 1. The molecule has 2 amide bonds. The lowest BCUT2D eigenvalue weighted by Gasteiger charge is -2.35. The molecule has 1 atom stereocenters. The van der Waals surface area contributed by atoms with E-state index in [1.165, 1.54) is 0 Å². The van der Waals surface area contributed by atoms with E-state index in [0.29, 0.717) is 32.0 Å². The van der Waals surface area contributed by atoms with Crippen LogP contribution in [0.4, 0.5) is 4.79 Å². The lowest BCUT2D eigenvalue weighted by molar-refractivity contribution is 0.124. The number of nitrogens with zero attached hydrogens (tertiary/aromatic N) is 2. The largest absolute Gasteiger partial charge is 0.490 e. The highest BCUT2D eigenvalue weighted by Gasteiger charge is 2.27. The van der Waals surface area contributed by atoms with E-state index in [1.54, 1.807) is 12.4 Å². The number of aromatic nitrogens is 1. The molecule has 0 spiro atoms. The molecule has 2 N–H and O–H groups in total. The molecule has 1 aromatic heterocycles. The average Bonchev–Trinajstić information content (AvgIpc) is 2.67. The number of nitrogens with one attached hydrogen (secondary N) is 2. The zero-order chi connectivity index (χ0) is 17.5. The number of pyridine rings is 1. The third-order valence-electron chi connectivity index (χ3n) is 4.04. The van der Waals surface area contributed by atoms with E-state index in [-0.39, 0.29) is 36.9 Å². The van der Waals surface area contributed by atoms with E-state index in [0.717, 1.165) is 16.6 Å². The Balaban J connectivity index is 0.00000182. The highest BCUT2D eigenvalue weighted by molar-refractivity contribution is 9.10. The zero-order valence-electron chi connectivity index (χ0n) is 14.6. The van der Waals surface area contributed by atoms with Crippen LogP contribution in [0.3, 0.4) is 0 Å². The molecule has 0 saturated carbocycles. The van der Waals surface area contributed by atoms with Crippen LogP contribution in [0.25, 0.3) is 0 Å². The molecular weight excluding hydrogens is 455 g/mol. The molecule has 27 heavy (non-hydrogen) atoms. The normalized spacial score (nSPS) is 15.9. The molecule has 1 saturated heterocycles. The van der Waals surface area contributed by atoms with Crippen molar-refractivity contribution in [2.24, 2.45) is 0 Å². The molecule has 1 fully saturated rings. The van der Waals surface area contributed by atoms with Crippen LogP contribution in [0.1, 0.15) is 5.56 Å². The number of hydrogen-bond acceptors (Lipinski definition) is 4. The highest BCUT2D eigenvalue weighted by Crippen LogP contribution is 2.12. The van der Waals surface area contributed by atoms with Crippen molar-refractivity contribution in [2.45, 2.75) is 12.6 Å². The molecule has 1 unspecified atom stereocenters. The molecule has 2 aromatic rings. The van der Waals surface area contributed by atoms with E-state index in [1.807, 2.05) is 41.3 Å². The van der Waals surface area contributed by atoms with Crippen molar-refractivity contribution < 1.29 is 9.53 Å². The fraction of sp³-hybridized carbons (Fsp3) is 0.333. The van der Waals surface area contributed by atoms with Gasteiger partial charge < -0.3 is 20.3 Å². The van der Waals surface area contributed by atoms with Crippen LogP contribution in [0.5, 0.6) is 5.75 Å². The predicted octanol–water partition coefficient (Wildman–Crippen LogP) is 3.25. The highest BCUT2D eigenvalue weighted by atomic mass is 79.9. The van der Waals surface area contributed by atoms with Crippen LogP contribution in [-0.4, -0.2) is 48.2 Å². The summed E-state index contributed by atoms with van der Waals surface area (Å²) < 4.78 is 6.80. The number of halogens is 3. The summed E-state index contributed by atoms with van der Waals surface area (Å²) in [5.41, 5.74) is 1.06. The number of benzene rings is 1. The van der Waals surface area contributed by atoms with Gasteiger partial charge in [-0.15, -0.1) is 24.8 Å². The summed E-state index contributed by atoms with van der Waals surface area (Å²) in [6, 6.07) is 11.5. The Bertz CT molecular complexity index is 692. The van der Waals surface area contributed by atoms with Gasteiger partial charge in [0.25, 0.3) is 0 Å². The van der Waals surface area contributed by atoms with Crippen LogP contribution in [0.2, 0.25) is 0 Å². The van der Waals surface area contributed by atoms with E-state index < -0.39 is 0 Å². The Hall–Kier alpha value is -1.54. The van der Waals surface area contributed by atoms with Gasteiger partial charge >= 0.3 is 6.03 Å². The van der Waals surface area contributed by atoms with Crippen molar-refractivity contribution >= 4 is 46.8 Å². The number of carbonyl (C=O) groups is 1. The lowest BCUT2D eigenvalue weighted by atomic mass is 10.2. The second-order valence-electron chi connectivity index (χ2n) is 5.84. The summed E-state index contributed by atoms with van der Waals surface area (Å²) >= 11 is 3.41. The summed E-state index contributed by atoms with van der Waals surface area (Å²) in [5.74, 6) is 0.711. The topological polar surface area (TPSA) is 66.5 Å². The Morgan fingerprint density at radius 1 is 1.30 bits per heavy atom. The fourth-order valence-electron chi connectivity index (χ4n) is 2.68. The first-order chi connectivity index (χ1) is 12.2. The van der Waals surface area contributed by atoms with E-state index in [4.69, 9.17) is 4.74 Å². The molecule has 0 bridgehead atoms. The van der Waals surface area contributed by atoms with E-state index >= 15 is 0 Å². The predicted molar refractivity (Wildman–Crippen MR) is 114 cm³/mol. The summed E-state index contributed by atoms with van der Waals surface area (Å²) in [5, 5.41) is 6.31. The second-order valence-corrected chi connectivity index (χ2v) is 6.75. The summed E-state index contributed by atoms with van der Waals surface area (Å²) in [6.07, 6.45) is 3.38. The lowest BCUT2D eigenvalue weighted by Crippen LogP contribution is -2.58. The molecule has 1 aliphatic heterocycles. The molecule has 0 aliphatic carbocycles. The first kappa shape index (κ1) is 23.5. The SMILES string of the molecule is Cl.Cl.O=C(NCc1ccc(Br)cc1)N1CCNCC1COc1cccnc1. The fourth-order valence-corrected chi connectivity index (χ4v) is 2.95. The minimum atomic E-state index is -0.0656. The second kappa shape index (κ2) is 12.0. The number of urea groups is 1. The molecule has 1 aliphatic rings. The first-order valence-electron chi connectivity index (χ1n) is 8.25. The Kier molecular flexibility index (Phi) is 10.5. The molecule has 9 heteroatoms. The summed E-state index contributed by atoms with van der Waals surface area (Å²) in [6.45, 7) is 3.10. The van der Waals surface area contributed by atoms with Crippen molar-refractivity contribution in [3.8, 4) is 5.75 Å². The molecule has 148 valence electrons. The van der Waals surface area contributed by atoms with Crippen LogP contribution < -0.4 is 15.4 Å². The maximum absolute atomic E-state index is 12.6.